The lowest BCUT2D eigenvalue weighted by molar-refractivity contribution is -0.131. The number of hydrogen-bond donors (Lipinski definition) is 2. The molecule has 0 aliphatic carbocycles. The zero-order chi connectivity index (χ0) is 15.8. The highest BCUT2D eigenvalue weighted by molar-refractivity contribution is 5.85. The third kappa shape index (κ3) is 4.98. The van der Waals surface area contributed by atoms with Crippen molar-refractivity contribution in [2.24, 2.45) is 0 Å². The molecule has 0 unspecified atom stereocenters. The minimum absolute atomic E-state index is 0.640. The van der Waals surface area contributed by atoms with Gasteiger partial charge >= 0.3 is 5.97 Å². The molecular formula is C18H19NO3. The fourth-order valence-corrected chi connectivity index (χ4v) is 2.04. The van der Waals surface area contributed by atoms with E-state index in [1.54, 1.807) is 6.08 Å². The van der Waals surface area contributed by atoms with Gasteiger partial charge in [0, 0.05) is 24.4 Å². The average Bonchev–Trinajstić information content (AvgIpc) is 2.52. The number of aliphatic carboxylic acids is 1. The Morgan fingerprint density at radius 1 is 1.23 bits per heavy atom. The molecule has 2 aromatic carbocycles. The molecule has 0 aromatic heterocycles. The van der Waals surface area contributed by atoms with E-state index in [4.69, 9.17) is 9.84 Å². The molecule has 0 bridgehead atoms. The van der Waals surface area contributed by atoms with Gasteiger partial charge in [-0.3, -0.25) is 0 Å². The van der Waals surface area contributed by atoms with Gasteiger partial charge in [-0.25, -0.2) is 4.79 Å². The molecule has 114 valence electrons. The van der Waals surface area contributed by atoms with Crippen LogP contribution in [-0.4, -0.2) is 17.7 Å². The summed E-state index contributed by atoms with van der Waals surface area (Å²) < 4.78 is 5.47. The van der Waals surface area contributed by atoms with Crippen molar-refractivity contribution in [2.75, 3.05) is 11.9 Å². The maximum absolute atomic E-state index is 10.5. The summed E-state index contributed by atoms with van der Waals surface area (Å²) in [6.45, 7) is 3.25. The molecule has 0 atom stereocenters. The van der Waals surface area contributed by atoms with Gasteiger partial charge in [0.1, 0.15) is 5.75 Å². The molecule has 2 rings (SSSR count). The highest BCUT2D eigenvalue weighted by atomic mass is 16.5. The topological polar surface area (TPSA) is 58.6 Å². The molecule has 2 N–H and O–H groups in total. The largest absolute Gasteiger partial charge is 0.494 e. The van der Waals surface area contributed by atoms with E-state index in [0.717, 1.165) is 28.6 Å². The molecular weight excluding hydrogens is 278 g/mol. The Bertz CT molecular complexity index is 665. The Balaban J connectivity index is 2.00. The second kappa shape index (κ2) is 7.88. The van der Waals surface area contributed by atoms with Gasteiger partial charge in [-0.2, -0.15) is 0 Å². The van der Waals surface area contributed by atoms with E-state index in [1.807, 2.05) is 55.5 Å². The Kier molecular flexibility index (Phi) is 5.60. The van der Waals surface area contributed by atoms with Gasteiger partial charge in [-0.1, -0.05) is 24.3 Å². The number of ether oxygens (including phenoxy) is 1. The number of rotatable bonds is 7. The van der Waals surface area contributed by atoms with E-state index in [0.29, 0.717) is 13.2 Å². The van der Waals surface area contributed by atoms with Crippen LogP contribution >= 0.6 is 0 Å². The van der Waals surface area contributed by atoms with E-state index < -0.39 is 5.97 Å². The fourth-order valence-electron chi connectivity index (χ4n) is 2.04. The minimum Gasteiger partial charge on any atom is -0.494 e. The third-order valence-electron chi connectivity index (χ3n) is 3.01. The zero-order valence-electron chi connectivity index (χ0n) is 12.5. The van der Waals surface area contributed by atoms with E-state index >= 15 is 0 Å². The lowest BCUT2D eigenvalue weighted by atomic mass is 10.1. The van der Waals surface area contributed by atoms with Crippen LogP contribution in [0.3, 0.4) is 0 Å². The normalized spacial score (nSPS) is 10.6. The zero-order valence-corrected chi connectivity index (χ0v) is 12.5. The van der Waals surface area contributed by atoms with Crippen LogP contribution in [-0.2, 0) is 11.3 Å². The van der Waals surface area contributed by atoms with Crippen LogP contribution < -0.4 is 10.1 Å². The van der Waals surface area contributed by atoms with Crippen molar-refractivity contribution in [1.82, 2.24) is 0 Å². The summed E-state index contributed by atoms with van der Waals surface area (Å²) in [6.07, 6.45) is 2.72. The van der Waals surface area contributed by atoms with Gasteiger partial charge < -0.3 is 15.2 Å². The summed E-state index contributed by atoms with van der Waals surface area (Å²) in [5.74, 6) is -0.109. The van der Waals surface area contributed by atoms with Gasteiger partial charge in [0.05, 0.1) is 6.61 Å². The SMILES string of the molecule is CCOc1cccc(NCc2cccc(/C=C/C(=O)O)c2)c1. The molecule has 0 spiro atoms. The first kappa shape index (κ1) is 15.6. The number of carbonyl (C=O) groups is 1. The van der Waals surface area contributed by atoms with Crippen molar-refractivity contribution < 1.29 is 14.6 Å². The van der Waals surface area contributed by atoms with Crippen molar-refractivity contribution in [3.8, 4) is 5.75 Å². The van der Waals surface area contributed by atoms with Crippen LogP contribution in [0.25, 0.3) is 6.08 Å². The predicted octanol–water partition coefficient (Wildman–Crippen LogP) is 3.80. The quantitative estimate of drug-likeness (QED) is 0.763. The lowest BCUT2D eigenvalue weighted by Crippen LogP contribution is -2.00. The first-order valence-corrected chi connectivity index (χ1v) is 7.14. The van der Waals surface area contributed by atoms with Crippen molar-refractivity contribution >= 4 is 17.7 Å². The predicted molar refractivity (Wildman–Crippen MR) is 88.0 cm³/mol. The van der Waals surface area contributed by atoms with Crippen LogP contribution in [0.2, 0.25) is 0 Å². The van der Waals surface area contributed by atoms with E-state index in [-0.39, 0.29) is 0 Å². The Hall–Kier alpha value is -2.75. The Labute approximate surface area is 130 Å². The molecule has 4 nitrogen and oxygen atoms in total. The molecule has 0 fully saturated rings. The molecule has 0 heterocycles. The van der Waals surface area contributed by atoms with Gasteiger partial charge in [-0.05, 0) is 42.3 Å². The van der Waals surface area contributed by atoms with E-state index in [9.17, 15) is 4.79 Å². The summed E-state index contributed by atoms with van der Waals surface area (Å²) in [4.78, 5) is 10.5. The molecule has 0 saturated heterocycles. The third-order valence-corrected chi connectivity index (χ3v) is 3.01. The number of carboxylic acid groups (broad SMARTS) is 1. The molecule has 4 heteroatoms. The number of carboxylic acids is 1. The summed E-state index contributed by atoms with van der Waals surface area (Å²) in [6, 6.07) is 15.5. The van der Waals surface area contributed by atoms with Crippen LogP contribution in [0.15, 0.2) is 54.6 Å². The van der Waals surface area contributed by atoms with Crippen LogP contribution in [0.5, 0.6) is 5.75 Å². The average molecular weight is 297 g/mol. The summed E-state index contributed by atoms with van der Waals surface area (Å²) in [7, 11) is 0. The molecule has 22 heavy (non-hydrogen) atoms. The van der Waals surface area contributed by atoms with Gasteiger partial charge in [0.25, 0.3) is 0 Å². The molecule has 0 aliphatic heterocycles. The number of nitrogens with one attached hydrogen (secondary N) is 1. The molecule has 0 aliphatic rings. The van der Waals surface area contributed by atoms with Crippen LogP contribution in [0.4, 0.5) is 5.69 Å². The smallest absolute Gasteiger partial charge is 0.328 e. The van der Waals surface area contributed by atoms with Crippen molar-refractivity contribution in [3.63, 3.8) is 0 Å². The highest BCUT2D eigenvalue weighted by Gasteiger charge is 1.98. The lowest BCUT2D eigenvalue weighted by Gasteiger charge is -2.09. The number of hydrogen-bond acceptors (Lipinski definition) is 3. The van der Waals surface area contributed by atoms with Gasteiger partial charge in [0.2, 0.25) is 0 Å². The Morgan fingerprint density at radius 3 is 2.82 bits per heavy atom. The molecule has 0 radical (unpaired) electrons. The first-order chi connectivity index (χ1) is 10.7. The first-order valence-electron chi connectivity index (χ1n) is 7.14. The monoisotopic (exact) mass is 297 g/mol. The summed E-state index contributed by atoms with van der Waals surface area (Å²) in [5, 5.41) is 12.0. The maximum Gasteiger partial charge on any atom is 0.328 e. The maximum atomic E-state index is 10.5. The summed E-state index contributed by atoms with van der Waals surface area (Å²) >= 11 is 0. The fraction of sp³-hybridized carbons (Fsp3) is 0.167. The Morgan fingerprint density at radius 2 is 2.05 bits per heavy atom. The standard InChI is InChI=1S/C18H19NO3/c1-2-22-17-8-4-7-16(12-17)19-13-15-6-3-5-14(11-15)9-10-18(20)21/h3-12,19H,2,13H2,1H3,(H,20,21)/b10-9+. The van der Waals surface area contributed by atoms with Crippen LogP contribution in [0, 0.1) is 0 Å². The van der Waals surface area contributed by atoms with Gasteiger partial charge in [-0.15, -0.1) is 0 Å². The molecule has 0 amide bonds. The van der Waals surface area contributed by atoms with Crippen molar-refractivity contribution in [3.05, 3.63) is 65.7 Å². The second-order valence-corrected chi connectivity index (χ2v) is 4.73. The highest BCUT2D eigenvalue weighted by Crippen LogP contribution is 2.18. The van der Waals surface area contributed by atoms with E-state index in [1.165, 1.54) is 0 Å². The van der Waals surface area contributed by atoms with Gasteiger partial charge in [0.15, 0.2) is 0 Å². The molecule has 2 aromatic rings. The molecule has 0 saturated carbocycles. The van der Waals surface area contributed by atoms with Crippen molar-refractivity contribution in [2.45, 2.75) is 13.5 Å². The van der Waals surface area contributed by atoms with Crippen molar-refractivity contribution in [1.29, 1.82) is 0 Å². The van der Waals surface area contributed by atoms with E-state index in [2.05, 4.69) is 5.32 Å². The minimum atomic E-state index is -0.948. The number of anilines is 1. The summed E-state index contributed by atoms with van der Waals surface area (Å²) in [5.41, 5.74) is 2.93. The number of benzene rings is 2. The van der Waals surface area contributed by atoms with Crippen LogP contribution in [0.1, 0.15) is 18.1 Å². The second-order valence-electron chi connectivity index (χ2n) is 4.73.